The predicted molar refractivity (Wildman–Crippen MR) is 80.6 cm³/mol. The Bertz CT molecular complexity index is 534. The normalized spacial score (nSPS) is 11.4. The number of hydrogen-bond donors (Lipinski definition) is 1. The summed E-state index contributed by atoms with van der Waals surface area (Å²) in [5, 5.41) is 3.44. The van der Waals surface area contributed by atoms with Crippen molar-refractivity contribution in [3.63, 3.8) is 0 Å². The van der Waals surface area contributed by atoms with Crippen molar-refractivity contribution >= 4 is 0 Å². The zero-order valence-electron chi connectivity index (χ0n) is 11.3. The Balaban J connectivity index is 1.76. The molecule has 19 heavy (non-hydrogen) atoms. The molecule has 96 valence electrons. The largest absolute Gasteiger partial charge is 0.311 e. The summed E-state index contributed by atoms with van der Waals surface area (Å²) in [6.07, 6.45) is 0. The molecule has 0 fully saturated rings. The lowest BCUT2D eigenvalue weighted by atomic mass is 10.1. The molecular weight excluding hydrogens is 230 g/mol. The van der Waals surface area contributed by atoms with Gasteiger partial charge in [0.2, 0.25) is 0 Å². The second-order valence-corrected chi connectivity index (χ2v) is 4.65. The summed E-state index contributed by atoms with van der Waals surface area (Å²) in [6.45, 7) is 3.96. The molecule has 0 saturated carbocycles. The second-order valence-electron chi connectivity index (χ2n) is 4.65. The maximum atomic E-state index is 3.44. The third-order valence-electron chi connectivity index (χ3n) is 2.86. The maximum Gasteiger partial charge on any atom is 0.0303 e. The summed E-state index contributed by atoms with van der Waals surface area (Å²) >= 11 is 0. The molecule has 0 bridgehead atoms. The quantitative estimate of drug-likeness (QED) is 0.818. The number of benzene rings is 2. The van der Waals surface area contributed by atoms with Crippen LogP contribution in [0.5, 0.6) is 0 Å². The van der Waals surface area contributed by atoms with E-state index in [1.54, 1.807) is 0 Å². The lowest BCUT2D eigenvalue weighted by Gasteiger charge is -2.06. The van der Waals surface area contributed by atoms with Crippen LogP contribution in [0.15, 0.2) is 60.7 Å². The molecule has 0 radical (unpaired) electrons. The van der Waals surface area contributed by atoms with Crippen molar-refractivity contribution < 1.29 is 0 Å². The number of hydrogen-bond acceptors (Lipinski definition) is 1. The Kier molecular flexibility index (Phi) is 5.22. The minimum Gasteiger partial charge on any atom is -0.311 e. The van der Waals surface area contributed by atoms with Gasteiger partial charge in [0.05, 0.1) is 0 Å². The van der Waals surface area contributed by atoms with Gasteiger partial charge in [-0.15, -0.1) is 0 Å². The SMILES string of the molecule is C[C@@H](C#Cc1ccccc1)CNCc1ccccc1. The zero-order valence-corrected chi connectivity index (χ0v) is 11.3. The van der Waals surface area contributed by atoms with Crippen molar-refractivity contribution in [1.82, 2.24) is 5.32 Å². The summed E-state index contributed by atoms with van der Waals surface area (Å²) in [6, 6.07) is 20.6. The summed E-state index contributed by atoms with van der Waals surface area (Å²) in [5.74, 6) is 6.83. The molecule has 0 spiro atoms. The summed E-state index contributed by atoms with van der Waals surface area (Å²) in [7, 11) is 0. The van der Waals surface area contributed by atoms with Crippen LogP contribution in [-0.4, -0.2) is 6.54 Å². The molecule has 1 N–H and O–H groups in total. The molecular formula is C18H19N. The third-order valence-corrected chi connectivity index (χ3v) is 2.86. The van der Waals surface area contributed by atoms with E-state index in [1.807, 2.05) is 36.4 Å². The van der Waals surface area contributed by atoms with Gasteiger partial charge in [-0.25, -0.2) is 0 Å². The van der Waals surface area contributed by atoms with Gasteiger partial charge in [0.25, 0.3) is 0 Å². The van der Waals surface area contributed by atoms with Gasteiger partial charge in [-0.2, -0.15) is 0 Å². The fourth-order valence-electron chi connectivity index (χ4n) is 1.81. The lowest BCUT2D eigenvalue weighted by molar-refractivity contribution is 0.606. The van der Waals surface area contributed by atoms with E-state index in [-0.39, 0.29) is 0 Å². The molecule has 2 aromatic rings. The minimum atomic E-state index is 0.351. The van der Waals surface area contributed by atoms with Crippen LogP contribution in [0, 0.1) is 17.8 Å². The van der Waals surface area contributed by atoms with E-state index >= 15 is 0 Å². The van der Waals surface area contributed by atoms with Gasteiger partial charge in [-0.05, 0) is 17.7 Å². The highest BCUT2D eigenvalue weighted by molar-refractivity contribution is 5.34. The van der Waals surface area contributed by atoms with Gasteiger partial charge in [0.15, 0.2) is 0 Å². The molecule has 1 nitrogen and oxygen atoms in total. The van der Waals surface area contributed by atoms with Crippen LogP contribution < -0.4 is 5.32 Å². The molecule has 0 aliphatic heterocycles. The summed E-state index contributed by atoms with van der Waals surface area (Å²) in [5.41, 5.74) is 2.39. The van der Waals surface area contributed by atoms with Crippen LogP contribution in [0.4, 0.5) is 0 Å². The molecule has 0 aliphatic rings. The predicted octanol–water partition coefficient (Wildman–Crippen LogP) is 3.46. The minimum absolute atomic E-state index is 0.351. The molecule has 0 amide bonds. The first-order valence-electron chi connectivity index (χ1n) is 6.66. The molecule has 0 heterocycles. The van der Waals surface area contributed by atoms with E-state index in [4.69, 9.17) is 0 Å². The smallest absolute Gasteiger partial charge is 0.0303 e. The maximum absolute atomic E-state index is 3.44. The van der Waals surface area contributed by atoms with Crippen molar-refractivity contribution in [2.24, 2.45) is 5.92 Å². The van der Waals surface area contributed by atoms with Crippen molar-refractivity contribution in [2.75, 3.05) is 6.54 Å². The average Bonchev–Trinajstić information content (AvgIpc) is 2.47. The van der Waals surface area contributed by atoms with Crippen LogP contribution in [-0.2, 0) is 6.54 Å². The Labute approximate surface area is 115 Å². The van der Waals surface area contributed by atoms with Crippen LogP contribution in [0.25, 0.3) is 0 Å². The fourth-order valence-corrected chi connectivity index (χ4v) is 1.81. The van der Waals surface area contributed by atoms with Gasteiger partial charge in [-0.3, -0.25) is 0 Å². The van der Waals surface area contributed by atoms with Crippen LogP contribution >= 0.6 is 0 Å². The van der Waals surface area contributed by atoms with Crippen molar-refractivity contribution in [3.05, 3.63) is 71.8 Å². The topological polar surface area (TPSA) is 12.0 Å². The van der Waals surface area contributed by atoms with E-state index in [9.17, 15) is 0 Å². The van der Waals surface area contributed by atoms with Gasteiger partial charge in [0, 0.05) is 24.6 Å². The highest BCUT2D eigenvalue weighted by Gasteiger charge is 1.96. The van der Waals surface area contributed by atoms with Crippen molar-refractivity contribution in [2.45, 2.75) is 13.5 Å². The Morgan fingerprint density at radius 1 is 0.947 bits per heavy atom. The van der Waals surface area contributed by atoms with Crippen LogP contribution in [0.3, 0.4) is 0 Å². The molecule has 1 heteroatoms. The van der Waals surface area contributed by atoms with E-state index in [0.29, 0.717) is 5.92 Å². The lowest BCUT2D eigenvalue weighted by Crippen LogP contribution is -2.19. The monoisotopic (exact) mass is 249 g/mol. The van der Waals surface area contributed by atoms with E-state index in [0.717, 1.165) is 18.7 Å². The van der Waals surface area contributed by atoms with Crippen molar-refractivity contribution in [3.8, 4) is 11.8 Å². The van der Waals surface area contributed by atoms with E-state index < -0.39 is 0 Å². The molecule has 0 unspecified atom stereocenters. The first-order chi connectivity index (χ1) is 9.34. The summed E-state index contributed by atoms with van der Waals surface area (Å²) < 4.78 is 0. The van der Waals surface area contributed by atoms with Gasteiger partial charge < -0.3 is 5.32 Å². The van der Waals surface area contributed by atoms with Crippen molar-refractivity contribution in [1.29, 1.82) is 0 Å². The van der Waals surface area contributed by atoms with Crippen LogP contribution in [0.1, 0.15) is 18.1 Å². The zero-order chi connectivity index (χ0) is 13.3. The molecule has 0 saturated heterocycles. The fraction of sp³-hybridized carbons (Fsp3) is 0.222. The number of rotatable bonds is 4. The summed E-state index contributed by atoms with van der Waals surface area (Å²) in [4.78, 5) is 0. The molecule has 2 rings (SSSR count). The van der Waals surface area contributed by atoms with E-state index in [1.165, 1.54) is 5.56 Å². The first-order valence-corrected chi connectivity index (χ1v) is 6.66. The Morgan fingerprint density at radius 2 is 1.58 bits per heavy atom. The molecule has 0 aliphatic carbocycles. The Hall–Kier alpha value is -2.04. The molecule has 1 atom stereocenters. The molecule has 2 aromatic carbocycles. The molecule has 0 aromatic heterocycles. The Morgan fingerprint density at radius 3 is 2.26 bits per heavy atom. The second kappa shape index (κ2) is 7.41. The van der Waals surface area contributed by atoms with Gasteiger partial charge >= 0.3 is 0 Å². The standard InChI is InChI=1S/C18H19N/c1-16(12-13-17-8-4-2-5-9-17)14-19-15-18-10-6-3-7-11-18/h2-11,16,19H,14-15H2,1H3/t16-/m0/s1. The highest BCUT2D eigenvalue weighted by Crippen LogP contribution is 1.99. The van der Waals surface area contributed by atoms with E-state index in [2.05, 4.69) is 48.3 Å². The van der Waals surface area contributed by atoms with Gasteiger partial charge in [0.1, 0.15) is 0 Å². The highest BCUT2D eigenvalue weighted by atomic mass is 14.8. The average molecular weight is 249 g/mol. The first kappa shape index (κ1) is 13.4. The van der Waals surface area contributed by atoms with Crippen LogP contribution in [0.2, 0.25) is 0 Å². The van der Waals surface area contributed by atoms with Gasteiger partial charge in [-0.1, -0.05) is 67.3 Å². The number of nitrogens with one attached hydrogen (secondary N) is 1. The third kappa shape index (κ3) is 4.99.